The van der Waals surface area contributed by atoms with E-state index >= 15 is 0 Å². The van der Waals surface area contributed by atoms with Crippen molar-refractivity contribution in [1.29, 1.82) is 0 Å². The first kappa shape index (κ1) is 23.2. The minimum atomic E-state index is -3.83. The lowest BCUT2D eigenvalue weighted by molar-refractivity contribution is 0.105. The van der Waals surface area contributed by atoms with Crippen molar-refractivity contribution in [3.63, 3.8) is 0 Å². The molecule has 0 aliphatic carbocycles. The molecule has 0 saturated heterocycles. The number of aliphatic hydroxyl groups excluding tert-OH is 1. The first-order chi connectivity index (χ1) is 13.8. The van der Waals surface area contributed by atoms with E-state index in [-0.39, 0.29) is 35.6 Å². The van der Waals surface area contributed by atoms with Gasteiger partial charge in [-0.05, 0) is 54.4 Å². The van der Waals surface area contributed by atoms with Crippen LogP contribution in [-0.4, -0.2) is 50.1 Å². The number of hydrogen-bond acceptors (Lipinski definition) is 6. The van der Waals surface area contributed by atoms with Crippen molar-refractivity contribution in [1.82, 2.24) is 9.62 Å². The average molecular weight is 420 g/mol. The molecule has 0 heterocycles. The number of nitrogens with one attached hydrogen (secondary N) is 1. The maximum absolute atomic E-state index is 13.2. The van der Waals surface area contributed by atoms with E-state index in [2.05, 4.69) is 10.5 Å². The Morgan fingerprint density at radius 3 is 2.17 bits per heavy atom. The van der Waals surface area contributed by atoms with Crippen LogP contribution in [0.4, 0.5) is 5.69 Å². The summed E-state index contributed by atoms with van der Waals surface area (Å²) in [4.78, 5) is 10.7. The smallest absolute Gasteiger partial charge is 0.243 e. The fourth-order valence-electron chi connectivity index (χ4n) is 3.14. The first-order valence-corrected chi connectivity index (χ1v) is 11.0. The van der Waals surface area contributed by atoms with Crippen molar-refractivity contribution in [2.75, 3.05) is 20.1 Å². The van der Waals surface area contributed by atoms with Crippen LogP contribution in [0.5, 0.6) is 0 Å². The molecule has 0 bridgehead atoms. The zero-order chi connectivity index (χ0) is 21.4. The van der Waals surface area contributed by atoms with Gasteiger partial charge < -0.3 is 10.4 Å². The van der Waals surface area contributed by atoms with Crippen LogP contribution in [0.3, 0.4) is 0 Å². The molecule has 2 atom stereocenters. The third kappa shape index (κ3) is 6.43. The second-order valence-corrected chi connectivity index (χ2v) is 9.39. The quantitative estimate of drug-likeness (QED) is 0.546. The van der Waals surface area contributed by atoms with E-state index in [0.29, 0.717) is 6.42 Å². The summed E-state index contributed by atoms with van der Waals surface area (Å²) in [6.07, 6.45) is -0.321. The molecule has 2 rings (SSSR count). The van der Waals surface area contributed by atoms with Crippen molar-refractivity contribution in [2.24, 2.45) is 11.1 Å². The molecule has 0 aromatic heterocycles. The summed E-state index contributed by atoms with van der Waals surface area (Å²) < 4.78 is 27.6. The molecular formula is C21H29N3O4S. The average Bonchev–Trinajstić information content (AvgIpc) is 2.71. The molecule has 29 heavy (non-hydrogen) atoms. The molecule has 0 radical (unpaired) electrons. The van der Waals surface area contributed by atoms with Crippen molar-refractivity contribution in [3.8, 4) is 0 Å². The minimum Gasteiger partial charge on any atom is -0.390 e. The fraction of sp³-hybridized carbons (Fsp3) is 0.429. The van der Waals surface area contributed by atoms with E-state index in [4.69, 9.17) is 0 Å². The normalized spacial score (nSPS) is 14.1. The molecule has 0 fully saturated rings. The first-order valence-electron chi connectivity index (χ1n) is 9.60. The number of likely N-dealkylation sites (N-methyl/N-ethyl adjacent to an activating group) is 1. The van der Waals surface area contributed by atoms with Crippen molar-refractivity contribution >= 4 is 15.7 Å². The highest BCUT2D eigenvalue weighted by Crippen LogP contribution is 2.21. The molecule has 0 amide bonds. The number of rotatable bonds is 11. The van der Waals surface area contributed by atoms with Gasteiger partial charge in [0.15, 0.2) is 0 Å². The van der Waals surface area contributed by atoms with Gasteiger partial charge in [-0.1, -0.05) is 44.2 Å². The Bertz CT molecular complexity index is 871. The van der Waals surface area contributed by atoms with Gasteiger partial charge >= 0.3 is 0 Å². The lowest BCUT2D eigenvalue weighted by Gasteiger charge is -2.30. The molecule has 0 aliphatic heterocycles. The molecule has 2 unspecified atom stereocenters. The third-order valence-electron chi connectivity index (χ3n) is 4.67. The maximum atomic E-state index is 13.2. The molecule has 7 nitrogen and oxygen atoms in total. The molecule has 2 aromatic rings. The van der Waals surface area contributed by atoms with Gasteiger partial charge in [-0.2, -0.15) is 4.31 Å². The van der Waals surface area contributed by atoms with E-state index < -0.39 is 16.1 Å². The van der Waals surface area contributed by atoms with Crippen molar-refractivity contribution in [2.45, 2.75) is 37.3 Å². The largest absolute Gasteiger partial charge is 0.390 e. The van der Waals surface area contributed by atoms with E-state index in [1.807, 2.05) is 44.2 Å². The van der Waals surface area contributed by atoms with Gasteiger partial charge in [0.25, 0.3) is 0 Å². The van der Waals surface area contributed by atoms with Crippen LogP contribution in [0.2, 0.25) is 0 Å². The summed E-state index contributed by atoms with van der Waals surface area (Å²) in [5.41, 5.74) is 1.22. The number of nitroso groups, excluding NO2 is 1. The van der Waals surface area contributed by atoms with E-state index in [1.54, 1.807) is 7.05 Å². The van der Waals surface area contributed by atoms with E-state index in [9.17, 15) is 18.4 Å². The Labute approximate surface area is 172 Å². The summed E-state index contributed by atoms with van der Waals surface area (Å²) in [7, 11) is -2.08. The summed E-state index contributed by atoms with van der Waals surface area (Å²) in [5, 5.41) is 16.7. The molecule has 2 aromatic carbocycles. The lowest BCUT2D eigenvalue weighted by atomic mass is 10.0. The predicted molar refractivity (Wildman–Crippen MR) is 114 cm³/mol. The zero-order valence-electron chi connectivity index (χ0n) is 17.0. The molecule has 8 heteroatoms. The van der Waals surface area contributed by atoms with Crippen LogP contribution < -0.4 is 5.32 Å². The Morgan fingerprint density at radius 1 is 1.03 bits per heavy atom. The van der Waals surface area contributed by atoms with Crippen molar-refractivity contribution in [3.05, 3.63) is 65.1 Å². The summed E-state index contributed by atoms with van der Waals surface area (Å²) in [5.74, 6) is 0.0787. The second-order valence-electron chi connectivity index (χ2n) is 7.45. The van der Waals surface area contributed by atoms with Crippen LogP contribution in [0, 0.1) is 10.8 Å². The van der Waals surface area contributed by atoms with Gasteiger partial charge in [-0.15, -0.1) is 4.91 Å². The van der Waals surface area contributed by atoms with Crippen LogP contribution in [-0.2, 0) is 16.4 Å². The Hall–Kier alpha value is -2.13. The highest BCUT2D eigenvalue weighted by atomic mass is 32.2. The fourth-order valence-corrected chi connectivity index (χ4v) is 4.76. The summed E-state index contributed by atoms with van der Waals surface area (Å²) in [6.45, 7) is 4.09. The zero-order valence-corrected chi connectivity index (χ0v) is 17.8. The highest BCUT2D eigenvalue weighted by molar-refractivity contribution is 7.89. The van der Waals surface area contributed by atoms with Crippen LogP contribution in [0.1, 0.15) is 19.4 Å². The number of aliphatic hydroxyl groups is 1. The highest BCUT2D eigenvalue weighted by Gasteiger charge is 2.30. The van der Waals surface area contributed by atoms with Gasteiger partial charge in [-0.25, -0.2) is 8.42 Å². The van der Waals surface area contributed by atoms with Gasteiger partial charge in [0, 0.05) is 19.1 Å². The summed E-state index contributed by atoms with van der Waals surface area (Å²) >= 11 is 0. The van der Waals surface area contributed by atoms with E-state index in [1.165, 1.54) is 28.6 Å². The van der Waals surface area contributed by atoms with Crippen molar-refractivity contribution < 1.29 is 13.5 Å². The van der Waals surface area contributed by atoms with Gasteiger partial charge in [0.1, 0.15) is 5.69 Å². The summed E-state index contributed by atoms with van der Waals surface area (Å²) in [6, 6.07) is 14.9. The number of sulfonamides is 1. The number of hydrogen-bond donors (Lipinski definition) is 2. The Morgan fingerprint density at radius 2 is 1.66 bits per heavy atom. The standard InChI is InChI=1S/C21H29N3O4S/c1-16(2)14-24(29(27,28)19-11-9-18(23-26)10-12-19)15-21(25)20(22-3)13-17-7-5-4-6-8-17/h4-12,16,20-22,25H,13-15H2,1-3H3. The topological polar surface area (TPSA) is 99.1 Å². The monoisotopic (exact) mass is 419 g/mol. The SMILES string of the molecule is CNC(Cc1ccccc1)C(O)CN(CC(C)C)S(=O)(=O)c1ccc(N=O)cc1. The maximum Gasteiger partial charge on any atom is 0.243 e. The molecule has 2 N–H and O–H groups in total. The molecule has 0 aliphatic rings. The molecule has 0 spiro atoms. The van der Waals surface area contributed by atoms with E-state index in [0.717, 1.165) is 5.56 Å². The predicted octanol–water partition coefficient (Wildman–Crippen LogP) is 2.92. The Kier molecular flexibility index (Phi) is 8.45. The minimum absolute atomic E-state index is 0.0352. The number of nitrogens with zero attached hydrogens (tertiary/aromatic N) is 2. The molecule has 158 valence electrons. The van der Waals surface area contributed by atoms with Crippen LogP contribution >= 0.6 is 0 Å². The molecular weight excluding hydrogens is 390 g/mol. The lowest BCUT2D eigenvalue weighted by Crippen LogP contribution is -2.48. The van der Waals surface area contributed by atoms with Crippen LogP contribution in [0.25, 0.3) is 0 Å². The van der Waals surface area contributed by atoms with Gasteiger partial charge in [-0.3, -0.25) is 0 Å². The Balaban J connectivity index is 2.22. The van der Waals surface area contributed by atoms with Gasteiger partial charge in [0.05, 0.1) is 11.0 Å². The molecule has 0 saturated carbocycles. The third-order valence-corrected chi connectivity index (χ3v) is 6.52. The second kappa shape index (κ2) is 10.6. The van der Waals surface area contributed by atoms with Gasteiger partial charge in [0.2, 0.25) is 10.0 Å². The number of benzene rings is 2. The van der Waals surface area contributed by atoms with Crippen LogP contribution in [0.15, 0.2) is 64.7 Å².